The van der Waals surface area contributed by atoms with E-state index >= 15 is 0 Å². The third kappa shape index (κ3) is 4.84. The Morgan fingerprint density at radius 3 is 2.17 bits per heavy atom. The molecule has 2 aliphatic heterocycles. The van der Waals surface area contributed by atoms with Crippen LogP contribution in [-0.2, 0) is 6.42 Å². The van der Waals surface area contributed by atoms with Crippen LogP contribution < -0.4 is 12.4 Å². The molecule has 0 radical (unpaired) electrons. The summed E-state index contributed by atoms with van der Waals surface area (Å²) in [7, 11) is 2.26. The molecule has 0 spiro atoms. The van der Waals surface area contributed by atoms with Crippen molar-refractivity contribution in [2.24, 2.45) is 0 Å². The van der Waals surface area contributed by atoms with Crippen molar-refractivity contribution in [2.75, 3.05) is 13.6 Å². The highest BCUT2D eigenvalue weighted by Gasteiger charge is 2.41. The van der Waals surface area contributed by atoms with Gasteiger partial charge >= 0.3 is 0 Å². The van der Waals surface area contributed by atoms with E-state index in [1.165, 1.54) is 18.4 Å². The highest BCUT2D eigenvalue weighted by atomic mass is 35.5. The molecule has 2 unspecified atom stereocenters. The van der Waals surface area contributed by atoms with Crippen LogP contribution in [0.5, 0.6) is 0 Å². The van der Waals surface area contributed by atoms with Gasteiger partial charge in [-0.15, -0.1) is 0 Å². The van der Waals surface area contributed by atoms with Gasteiger partial charge in [-0.1, -0.05) is 47.5 Å². The molecular formula is C25H32ClN2O-. The van der Waals surface area contributed by atoms with E-state index in [1.807, 2.05) is 0 Å². The Morgan fingerprint density at radius 2 is 1.59 bits per heavy atom. The number of carbonyl (C=O) groups excluding carboxylic acids is 1. The van der Waals surface area contributed by atoms with Crippen LogP contribution >= 0.6 is 0 Å². The minimum Gasteiger partial charge on any atom is -1.00 e. The van der Waals surface area contributed by atoms with Gasteiger partial charge < -0.3 is 22.2 Å². The molecule has 2 aliphatic rings. The largest absolute Gasteiger partial charge is 1.00 e. The number of amides is 1. The molecule has 4 heteroatoms. The van der Waals surface area contributed by atoms with Gasteiger partial charge in [-0.25, -0.2) is 0 Å². The maximum absolute atomic E-state index is 13.6. The van der Waals surface area contributed by atoms with Gasteiger partial charge in [-0.05, 0) is 70.7 Å². The van der Waals surface area contributed by atoms with E-state index in [0.717, 1.165) is 42.5 Å². The number of aryl methyl sites for hydroxylation is 2. The quantitative estimate of drug-likeness (QED) is 0.746. The lowest BCUT2D eigenvalue weighted by atomic mass is 9.95. The second-order valence-electron chi connectivity index (χ2n) is 8.79. The lowest BCUT2D eigenvalue weighted by Gasteiger charge is -2.42. The third-order valence-electron chi connectivity index (χ3n) is 6.73. The Morgan fingerprint density at radius 1 is 1.00 bits per heavy atom. The number of benzene rings is 2. The fraction of sp³-hybridized carbons (Fsp3) is 0.480. The molecule has 2 heterocycles. The molecular weight excluding hydrogens is 380 g/mol. The predicted octanol–water partition coefficient (Wildman–Crippen LogP) is 1.62. The molecule has 2 saturated heterocycles. The minimum atomic E-state index is 0. The number of carbonyl (C=O) groups is 1. The Bertz CT molecular complexity index is 804. The normalized spacial score (nSPS) is 23.5. The molecule has 3 nitrogen and oxygen atoms in total. The van der Waals surface area contributed by atoms with Crippen LogP contribution in [0, 0.1) is 13.8 Å². The molecule has 0 N–H and O–H groups in total. The SMILES string of the molecule is Cc1cc(C)cc(C(=O)N(CCc2ccccc2)C2CC3CCC(C2)N3C)c1.[Cl-]. The fourth-order valence-electron chi connectivity index (χ4n) is 5.25. The van der Waals surface area contributed by atoms with Gasteiger partial charge in [0.15, 0.2) is 0 Å². The van der Waals surface area contributed by atoms with Crippen molar-refractivity contribution in [3.05, 3.63) is 70.8 Å². The highest BCUT2D eigenvalue weighted by Crippen LogP contribution is 2.36. The van der Waals surface area contributed by atoms with Crippen LogP contribution in [0.4, 0.5) is 0 Å². The first kappa shape index (κ1) is 21.9. The average molecular weight is 412 g/mol. The maximum atomic E-state index is 13.6. The molecule has 0 saturated carbocycles. The Hall–Kier alpha value is -1.84. The molecule has 156 valence electrons. The summed E-state index contributed by atoms with van der Waals surface area (Å²) < 4.78 is 0. The van der Waals surface area contributed by atoms with E-state index in [1.54, 1.807) is 0 Å². The first-order valence-corrected chi connectivity index (χ1v) is 10.7. The zero-order chi connectivity index (χ0) is 19.7. The fourth-order valence-corrected chi connectivity index (χ4v) is 5.25. The maximum Gasteiger partial charge on any atom is 0.254 e. The van der Waals surface area contributed by atoms with E-state index in [9.17, 15) is 4.79 Å². The lowest BCUT2D eigenvalue weighted by molar-refractivity contribution is -0.0000208. The van der Waals surface area contributed by atoms with Crippen LogP contribution in [-0.4, -0.2) is 47.4 Å². The van der Waals surface area contributed by atoms with Crippen LogP contribution in [0.15, 0.2) is 48.5 Å². The molecule has 2 bridgehead atoms. The predicted molar refractivity (Wildman–Crippen MR) is 115 cm³/mol. The van der Waals surface area contributed by atoms with Gasteiger partial charge in [-0.2, -0.15) is 0 Å². The van der Waals surface area contributed by atoms with Crippen molar-refractivity contribution in [1.29, 1.82) is 0 Å². The molecule has 1 amide bonds. The second kappa shape index (κ2) is 9.32. The molecule has 2 atom stereocenters. The van der Waals surface area contributed by atoms with Crippen molar-refractivity contribution in [2.45, 2.75) is 64.1 Å². The van der Waals surface area contributed by atoms with Crippen molar-refractivity contribution in [3.8, 4) is 0 Å². The summed E-state index contributed by atoms with van der Waals surface area (Å²) in [5.74, 6) is 0.205. The Labute approximate surface area is 181 Å². The van der Waals surface area contributed by atoms with Crippen LogP contribution in [0.3, 0.4) is 0 Å². The number of hydrogen-bond donors (Lipinski definition) is 0. The average Bonchev–Trinajstić information content (AvgIpc) is 2.89. The van der Waals surface area contributed by atoms with Gasteiger partial charge in [0.1, 0.15) is 0 Å². The zero-order valence-corrected chi connectivity index (χ0v) is 18.5. The highest BCUT2D eigenvalue weighted by molar-refractivity contribution is 5.95. The summed E-state index contributed by atoms with van der Waals surface area (Å²) in [4.78, 5) is 18.3. The summed E-state index contributed by atoms with van der Waals surface area (Å²) in [5, 5.41) is 0. The first-order valence-electron chi connectivity index (χ1n) is 10.7. The number of rotatable bonds is 5. The monoisotopic (exact) mass is 411 g/mol. The summed E-state index contributed by atoms with van der Waals surface area (Å²) in [5.41, 5.74) is 4.47. The summed E-state index contributed by atoms with van der Waals surface area (Å²) in [6, 6.07) is 18.4. The van der Waals surface area contributed by atoms with E-state index in [2.05, 4.69) is 79.2 Å². The van der Waals surface area contributed by atoms with E-state index in [-0.39, 0.29) is 18.3 Å². The third-order valence-corrected chi connectivity index (χ3v) is 6.73. The molecule has 0 aliphatic carbocycles. The smallest absolute Gasteiger partial charge is 0.254 e. The van der Waals surface area contributed by atoms with Crippen molar-refractivity contribution in [1.82, 2.24) is 9.80 Å². The van der Waals surface area contributed by atoms with Crippen LogP contribution in [0.2, 0.25) is 0 Å². The zero-order valence-electron chi connectivity index (χ0n) is 17.8. The number of halogens is 1. The summed E-state index contributed by atoms with van der Waals surface area (Å²) in [6.45, 7) is 4.95. The van der Waals surface area contributed by atoms with Gasteiger partial charge in [0, 0.05) is 30.2 Å². The van der Waals surface area contributed by atoms with Crippen molar-refractivity contribution < 1.29 is 17.2 Å². The molecule has 2 aromatic carbocycles. The molecule has 2 aromatic rings. The summed E-state index contributed by atoms with van der Waals surface area (Å²) >= 11 is 0. The van der Waals surface area contributed by atoms with E-state index < -0.39 is 0 Å². The second-order valence-corrected chi connectivity index (χ2v) is 8.79. The number of nitrogens with zero attached hydrogens (tertiary/aromatic N) is 2. The summed E-state index contributed by atoms with van der Waals surface area (Å²) in [6.07, 6.45) is 5.69. The molecule has 0 aromatic heterocycles. The van der Waals surface area contributed by atoms with Gasteiger partial charge in [0.2, 0.25) is 0 Å². The van der Waals surface area contributed by atoms with Crippen LogP contribution in [0.1, 0.15) is 52.7 Å². The van der Waals surface area contributed by atoms with Crippen molar-refractivity contribution in [3.63, 3.8) is 0 Å². The topological polar surface area (TPSA) is 23.6 Å². The van der Waals surface area contributed by atoms with Gasteiger partial charge in [0.25, 0.3) is 5.91 Å². The van der Waals surface area contributed by atoms with Crippen molar-refractivity contribution >= 4 is 5.91 Å². The molecule has 2 fully saturated rings. The lowest BCUT2D eigenvalue weighted by Crippen LogP contribution is -3.00. The molecule has 29 heavy (non-hydrogen) atoms. The minimum absolute atomic E-state index is 0. The number of fused-ring (bicyclic) bond motifs is 2. The van der Waals surface area contributed by atoms with Gasteiger partial charge in [0.05, 0.1) is 0 Å². The molecule has 4 rings (SSSR count). The van der Waals surface area contributed by atoms with Crippen LogP contribution in [0.25, 0.3) is 0 Å². The number of hydrogen-bond acceptors (Lipinski definition) is 2. The van der Waals surface area contributed by atoms with Gasteiger partial charge in [-0.3, -0.25) is 4.79 Å². The Kier molecular flexibility index (Phi) is 7.02. The first-order chi connectivity index (χ1) is 13.5. The standard InChI is InChI=1S/C25H32N2O.ClH/c1-18-13-19(2)15-21(14-18)25(28)27(12-11-20-7-5-4-6-8-20)24-16-22-9-10-23(17-24)26(22)3;/h4-8,13-15,22-24H,9-12,16-17H2,1-3H3;1H/p-1. The Balaban J connectivity index is 0.00000240. The van der Waals surface area contributed by atoms with E-state index in [4.69, 9.17) is 0 Å². The van der Waals surface area contributed by atoms with E-state index in [0.29, 0.717) is 18.1 Å². The number of piperidine rings is 1.